The van der Waals surface area contributed by atoms with E-state index in [9.17, 15) is 9.59 Å². The largest absolute Gasteiger partial charge is 0.469 e. The third-order valence-electron chi connectivity index (χ3n) is 4.36. The summed E-state index contributed by atoms with van der Waals surface area (Å²) in [5.74, 6) is -0.515. The number of carbonyl (C=O) groups is 2. The average molecular weight is 348 g/mol. The maximum Gasteiger partial charge on any atom is 0.410 e. The molecule has 1 saturated heterocycles. The quantitative estimate of drug-likeness (QED) is 0.668. The van der Waals surface area contributed by atoms with Crippen LogP contribution in [-0.4, -0.2) is 42.8 Å². The number of hydrogen-bond donors (Lipinski definition) is 1. The molecule has 1 heterocycles. The van der Waals surface area contributed by atoms with Crippen molar-refractivity contribution in [1.29, 1.82) is 0 Å². The van der Waals surface area contributed by atoms with Crippen LogP contribution in [-0.2, 0) is 20.7 Å². The molecule has 2 atom stereocenters. The normalized spacial score (nSPS) is 18.7. The van der Waals surface area contributed by atoms with Gasteiger partial charge in [0.1, 0.15) is 5.60 Å². The van der Waals surface area contributed by atoms with Crippen molar-refractivity contribution in [3.8, 4) is 0 Å². The maximum atomic E-state index is 12.3. The summed E-state index contributed by atoms with van der Waals surface area (Å²) in [6.45, 7) is 6.61. The highest BCUT2D eigenvalue weighted by Crippen LogP contribution is 2.29. The molecule has 1 fully saturated rings. The second kappa shape index (κ2) is 7.76. The van der Waals surface area contributed by atoms with E-state index in [4.69, 9.17) is 15.2 Å². The Bertz CT molecular complexity index is 624. The zero-order chi connectivity index (χ0) is 18.6. The van der Waals surface area contributed by atoms with Gasteiger partial charge in [-0.3, -0.25) is 4.79 Å². The number of esters is 1. The van der Waals surface area contributed by atoms with Crippen LogP contribution in [0.4, 0.5) is 10.5 Å². The predicted octanol–water partition coefficient (Wildman–Crippen LogP) is 2.86. The maximum absolute atomic E-state index is 12.3. The zero-order valence-electron chi connectivity index (χ0n) is 15.5. The van der Waals surface area contributed by atoms with Gasteiger partial charge in [0.2, 0.25) is 0 Å². The van der Waals surface area contributed by atoms with E-state index in [1.165, 1.54) is 7.11 Å². The summed E-state index contributed by atoms with van der Waals surface area (Å²) in [5, 5.41) is 0. The zero-order valence-corrected chi connectivity index (χ0v) is 15.5. The van der Waals surface area contributed by atoms with Crippen LogP contribution in [0.2, 0.25) is 0 Å². The number of carbonyl (C=O) groups excluding carboxylic acids is 2. The molecule has 25 heavy (non-hydrogen) atoms. The highest BCUT2D eigenvalue weighted by atomic mass is 16.6. The minimum absolute atomic E-state index is 0.0430. The molecule has 0 radical (unpaired) electrons. The highest BCUT2D eigenvalue weighted by molar-refractivity contribution is 5.74. The number of nitrogens with two attached hydrogens (primary N) is 1. The first-order chi connectivity index (χ1) is 11.7. The number of anilines is 1. The van der Waals surface area contributed by atoms with Gasteiger partial charge in [0.05, 0.1) is 13.0 Å². The molecule has 1 aromatic carbocycles. The van der Waals surface area contributed by atoms with E-state index < -0.39 is 5.60 Å². The van der Waals surface area contributed by atoms with E-state index >= 15 is 0 Å². The van der Waals surface area contributed by atoms with Crippen LogP contribution in [0.25, 0.3) is 0 Å². The van der Waals surface area contributed by atoms with Gasteiger partial charge in [-0.2, -0.15) is 0 Å². The van der Waals surface area contributed by atoms with Crippen molar-refractivity contribution in [2.75, 3.05) is 25.9 Å². The highest BCUT2D eigenvalue weighted by Gasteiger charge is 2.37. The van der Waals surface area contributed by atoms with E-state index in [2.05, 4.69) is 0 Å². The lowest BCUT2D eigenvalue weighted by Gasteiger charge is -2.25. The summed E-state index contributed by atoms with van der Waals surface area (Å²) in [7, 11) is 1.40. The van der Waals surface area contributed by atoms with Gasteiger partial charge in [-0.05, 0) is 57.2 Å². The molecule has 1 aliphatic heterocycles. The van der Waals surface area contributed by atoms with Crippen LogP contribution in [0.3, 0.4) is 0 Å². The minimum Gasteiger partial charge on any atom is -0.469 e. The Morgan fingerprint density at radius 1 is 1.36 bits per heavy atom. The smallest absolute Gasteiger partial charge is 0.410 e. The Labute approximate surface area is 149 Å². The molecule has 2 rings (SSSR count). The molecular formula is C19H28N2O4. The van der Waals surface area contributed by atoms with E-state index in [-0.39, 0.29) is 23.9 Å². The fourth-order valence-corrected chi connectivity index (χ4v) is 3.18. The molecule has 1 unspecified atom stereocenters. The van der Waals surface area contributed by atoms with Crippen LogP contribution in [0.5, 0.6) is 0 Å². The van der Waals surface area contributed by atoms with Crippen LogP contribution >= 0.6 is 0 Å². The molecule has 0 bridgehead atoms. The van der Waals surface area contributed by atoms with Gasteiger partial charge in [0.25, 0.3) is 0 Å². The summed E-state index contributed by atoms with van der Waals surface area (Å²) < 4.78 is 10.4. The Hall–Kier alpha value is -2.24. The lowest BCUT2D eigenvalue weighted by molar-refractivity contribution is -0.147. The molecular weight excluding hydrogens is 320 g/mol. The van der Waals surface area contributed by atoms with Gasteiger partial charge in [-0.25, -0.2) is 4.79 Å². The molecule has 2 N–H and O–H groups in total. The molecule has 1 amide bonds. The van der Waals surface area contributed by atoms with Gasteiger partial charge in [-0.1, -0.05) is 12.1 Å². The SMILES string of the molecule is COC(=O)C(Cc1cccc(N)c1)[C@H]1CCN(C(=O)OC(C)(C)C)C1. The molecule has 0 aliphatic carbocycles. The molecule has 6 nitrogen and oxygen atoms in total. The second-order valence-corrected chi connectivity index (χ2v) is 7.55. The topological polar surface area (TPSA) is 81.9 Å². The van der Waals surface area contributed by atoms with Crippen LogP contribution in [0.15, 0.2) is 24.3 Å². The second-order valence-electron chi connectivity index (χ2n) is 7.55. The summed E-state index contributed by atoms with van der Waals surface area (Å²) in [5.41, 5.74) is 6.96. The summed E-state index contributed by atoms with van der Waals surface area (Å²) in [6, 6.07) is 7.51. The van der Waals surface area contributed by atoms with Gasteiger partial charge >= 0.3 is 12.1 Å². The average Bonchev–Trinajstić information content (AvgIpc) is 3.00. The fraction of sp³-hybridized carbons (Fsp3) is 0.579. The number of likely N-dealkylation sites (tertiary alicyclic amines) is 1. The van der Waals surface area contributed by atoms with Gasteiger partial charge in [0, 0.05) is 18.8 Å². The van der Waals surface area contributed by atoms with Crippen molar-refractivity contribution in [1.82, 2.24) is 4.90 Å². The van der Waals surface area contributed by atoms with Crippen molar-refractivity contribution < 1.29 is 19.1 Å². The van der Waals surface area contributed by atoms with Crippen molar-refractivity contribution in [2.45, 2.75) is 39.2 Å². The number of amides is 1. The molecule has 138 valence electrons. The van der Waals surface area contributed by atoms with Crippen LogP contribution < -0.4 is 5.73 Å². The van der Waals surface area contributed by atoms with Crippen molar-refractivity contribution in [3.63, 3.8) is 0 Å². The predicted molar refractivity (Wildman–Crippen MR) is 96.0 cm³/mol. The third-order valence-corrected chi connectivity index (χ3v) is 4.36. The lowest BCUT2D eigenvalue weighted by atomic mass is 9.86. The molecule has 1 aromatic rings. The third kappa shape index (κ3) is 5.37. The van der Waals surface area contributed by atoms with Crippen molar-refractivity contribution in [2.24, 2.45) is 11.8 Å². The summed E-state index contributed by atoms with van der Waals surface area (Å²) in [4.78, 5) is 26.2. The van der Waals surface area contributed by atoms with E-state index in [0.717, 1.165) is 12.0 Å². The number of rotatable bonds is 4. The fourth-order valence-electron chi connectivity index (χ4n) is 3.18. The van der Waals surface area contributed by atoms with E-state index in [1.54, 1.807) is 4.90 Å². The Morgan fingerprint density at radius 2 is 2.08 bits per heavy atom. The molecule has 0 spiro atoms. The monoisotopic (exact) mass is 348 g/mol. The Kier molecular flexibility index (Phi) is 5.93. The van der Waals surface area contributed by atoms with Gasteiger partial charge in [-0.15, -0.1) is 0 Å². The molecule has 6 heteroatoms. The molecule has 0 aromatic heterocycles. The summed E-state index contributed by atoms with van der Waals surface area (Å²) in [6.07, 6.45) is 0.967. The van der Waals surface area contributed by atoms with Gasteiger partial charge in [0.15, 0.2) is 0 Å². The molecule has 0 saturated carbocycles. The van der Waals surface area contributed by atoms with Crippen LogP contribution in [0.1, 0.15) is 32.8 Å². The standard InChI is InChI=1S/C19H28N2O4/c1-19(2,3)25-18(23)21-9-8-14(12-21)16(17(22)24-4)11-13-6-5-7-15(20)10-13/h5-7,10,14,16H,8-9,11-12,20H2,1-4H3/t14-,16?/m0/s1. The summed E-state index contributed by atoms with van der Waals surface area (Å²) >= 11 is 0. The van der Waals surface area contributed by atoms with E-state index in [1.807, 2.05) is 45.0 Å². The first-order valence-electron chi connectivity index (χ1n) is 8.60. The number of nitrogen functional groups attached to an aromatic ring is 1. The minimum atomic E-state index is -0.529. The van der Waals surface area contributed by atoms with Gasteiger partial charge < -0.3 is 20.1 Å². The lowest BCUT2D eigenvalue weighted by Crippen LogP contribution is -2.36. The van der Waals surface area contributed by atoms with Crippen LogP contribution in [0, 0.1) is 11.8 Å². The Balaban J connectivity index is 2.07. The number of nitrogens with zero attached hydrogens (tertiary/aromatic N) is 1. The number of ether oxygens (including phenoxy) is 2. The van der Waals surface area contributed by atoms with E-state index in [0.29, 0.717) is 25.2 Å². The molecule has 1 aliphatic rings. The first kappa shape index (κ1) is 19.1. The number of benzene rings is 1. The first-order valence-corrected chi connectivity index (χ1v) is 8.60. The van der Waals surface area contributed by atoms with Crippen molar-refractivity contribution >= 4 is 17.7 Å². The van der Waals surface area contributed by atoms with Crippen molar-refractivity contribution in [3.05, 3.63) is 29.8 Å². The Morgan fingerprint density at radius 3 is 2.68 bits per heavy atom. The number of hydrogen-bond acceptors (Lipinski definition) is 5. The number of methoxy groups -OCH3 is 1.